The average Bonchev–Trinajstić information content (AvgIpc) is 2.30. The fourth-order valence-corrected chi connectivity index (χ4v) is 2.04. The Balaban J connectivity index is 1.84. The quantitative estimate of drug-likeness (QED) is 0.844. The molecule has 2 rings (SSSR count). The number of carbonyl (C=O) groups excluding carboxylic acids is 1. The number of rotatable bonds is 3. The van der Waals surface area contributed by atoms with Crippen molar-refractivity contribution in [1.82, 2.24) is 4.98 Å². The van der Waals surface area contributed by atoms with Crippen LogP contribution in [0.5, 0.6) is 0 Å². The summed E-state index contributed by atoms with van der Waals surface area (Å²) in [6.07, 6.45) is 5.22. The van der Waals surface area contributed by atoms with Crippen LogP contribution in [0.1, 0.15) is 25.7 Å². The van der Waals surface area contributed by atoms with E-state index >= 15 is 0 Å². The number of hydrogen-bond donors (Lipinski definition) is 1. The number of nitrogens with zero attached hydrogens (tertiary/aromatic N) is 1. The molecule has 0 spiro atoms. The van der Waals surface area contributed by atoms with Crippen molar-refractivity contribution < 1.29 is 9.53 Å². The maximum atomic E-state index is 11.7. The van der Waals surface area contributed by atoms with Gasteiger partial charge in [-0.2, -0.15) is 0 Å². The fourth-order valence-electron chi connectivity index (χ4n) is 1.87. The van der Waals surface area contributed by atoms with Crippen molar-refractivity contribution in [3.63, 3.8) is 0 Å². The molecule has 1 saturated heterocycles. The maximum Gasteiger partial charge on any atom is 0.226 e. The SMILES string of the molecule is O=C(CC1CCCCO1)Nc1ccnc(Cl)c1. The lowest BCUT2D eigenvalue weighted by Gasteiger charge is -2.21. The molecule has 1 unspecified atom stereocenters. The predicted molar refractivity (Wildman–Crippen MR) is 66.1 cm³/mol. The van der Waals surface area contributed by atoms with E-state index in [1.807, 2.05) is 0 Å². The molecule has 0 aliphatic carbocycles. The van der Waals surface area contributed by atoms with Crippen LogP contribution in [0, 0.1) is 0 Å². The van der Waals surface area contributed by atoms with Crippen LogP contribution in [0.25, 0.3) is 0 Å². The lowest BCUT2D eigenvalue weighted by Crippen LogP contribution is -2.25. The number of anilines is 1. The molecule has 0 bridgehead atoms. The van der Waals surface area contributed by atoms with Gasteiger partial charge in [0, 0.05) is 18.5 Å². The average molecular weight is 255 g/mol. The van der Waals surface area contributed by atoms with Gasteiger partial charge in [0.15, 0.2) is 0 Å². The number of pyridine rings is 1. The van der Waals surface area contributed by atoms with Crippen LogP contribution >= 0.6 is 11.6 Å². The van der Waals surface area contributed by atoms with E-state index in [2.05, 4.69) is 10.3 Å². The van der Waals surface area contributed by atoms with Crippen LogP contribution in [0.3, 0.4) is 0 Å². The van der Waals surface area contributed by atoms with Gasteiger partial charge in [0.25, 0.3) is 0 Å². The molecule has 0 saturated carbocycles. The van der Waals surface area contributed by atoms with Gasteiger partial charge in [-0.3, -0.25) is 4.79 Å². The molecule has 1 aliphatic heterocycles. The Hall–Kier alpha value is -1.13. The van der Waals surface area contributed by atoms with E-state index in [1.54, 1.807) is 18.3 Å². The van der Waals surface area contributed by atoms with Crippen molar-refractivity contribution in [2.75, 3.05) is 11.9 Å². The highest BCUT2D eigenvalue weighted by molar-refractivity contribution is 6.29. The van der Waals surface area contributed by atoms with Gasteiger partial charge in [0.05, 0.1) is 12.5 Å². The van der Waals surface area contributed by atoms with Crippen LogP contribution in [0.4, 0.5) is 5.69 Å². The molecule has 0 aromatic carbocycles. The van der Waals surface area contributed by atoms with Crippen LogP contribution in [-0.4, -0.2) is 23.6 Å². The number of halogens is 1. The van der Waals surface area contributed by atoms with E-state index in [0.717, 1.165) is 25.9 Å². The highest BCUT2D eigenvalue weighted by atomic mass is 35.5. The summed E-state index contributed by atoms with van der Waals surface area (Å²) in [5.41, 5.74) is 0.672. The first kappa shape index (κ1) is 12.3. The zero-order valence-electron chi connectivity index (χ0n) is 9.49. The Kier molecular flexibility index (Phi) is 4.34. The normalized spacial score (nSPS) is 19.9. The maximum absolute atomic E-state index is 11.7. The Morgan fingerprint density at radius 2 is 2.47 bits per heavy atom. The molecule has 17 heavy (non-hydrogen) atoms. The summed E-state index contributed by atoms with van der Waals surface area (Å²) in [6, 6.07) is 3.34. The van der Waals surface area contributed by atoms with Crippen molar-refractivity contribution in [3.05, 3.63) is 23.5 Å². The minimum absolute atomic E-state index is 0.0424. The monoisotopic (exact) mass is 254 g/mol. The van der Waals surface area contributed by atoms with Crippen molar-refractivity contribution in [2.24, 2.45) is 0 Å². The van der Waals surface area contributed by atoms with Crippen molar-refractivity contribution in [1.29, 1.82) is 0 Å². The lowest BCUT2D eigenvalue weighted by molar-refractivity contribution is -0.119. The Morgan fingerprint density at radius 1 is 1.59 bits per heavy atom. The largest absolute Gasteiger partial charge is 0.378 e. The molecule has 5 heteroatoms. The van der Waals surface area contributed by atoms with E-state index in [9.17, 15) is 4.79 Å². The van der Waals surface area contributed by atoms with Gasteiger partial charge in [-0.1, -0.05) is 11.6 Å². The van der Waals surface area contributed by atoms with Gasteiger partial charge in [0.1, 0.15) is 5.15 Å². The van der Waals surface area contributed by atoms with Crippen molar-refractivity contribution in [3.8, 4) is 0 Å². The van der Waals surface area contributed by atoms with Crippen LogP contribution in [-0.2, 0) is 9.53 Å². The zero-order valence-corrected chi connectivity index (χ0v) is 10.2. The highest BCUT2D eigenvalue weighted by Crippen LogP contribution is 2.17. The van der Waals surface area contributed by atoms with Crippen molar-refractivity contribution in [2.45, 2.75) is 31.8 Å². The molecule has 4 nitrogen and oxygen atoms in total. The van der Waals surface area contributed by atoms with Gasteiger partial charge in [-0.25, -0.2) is 4.98 Å². The Labute approximate surface area is 105 Å². The Morgan fingerprint density at radius 3 is 3.18 bits per heavy atom. The van der Waals surface area contributed by atoms with Crippen molar-refractivity contribution >= 4 is 23.2 Å². The van der Waals surface area contributed by atoms with Crippen LogP contribution in [0.15, 0.2) is 18.3 Å². The molecule has 1 aliphatic rings. The molecular weight excluding hydrogens is 240 g/mol. The van der Waals surface area contributed by atoms with Gasteiger partial charge in [-0.05, 0) is 31.4 Å². The minimum atomic E-state index is -0.0424. The molecule has 1 N–H and O–H groups in total. The Bertz CT molecular complexity index is 392. The van der Waals surface area contributed by atoms with Crippen LogP contribution < -0.4 is 5.32 Å². The number of nitrogens with one attached hydrogen (secondary N) is 1. The third-order valence-electron chi connectivity index (χ3n) is 2.70. The summed E-state index contributed by atoms with van der Waals surface area (Å²) in [5, 5.41) is 3.16. The van der Waals surface area contributed by atoms with E-state index in [0.29, 0.717) is 17.3 Å². The molecule has 92 valence electrons. The summed E-state index contributed by atoms with van der Waals surface area (Å²) in [7, 11) is 0. The summed E-state index contributed by atoms with van der Waals surface area (Å²) in [4.78, 5) is 15.6. The smallest absolute Gasteiger partial charge is 0.226 e. The number of hydrogen-bond acceptors (Lipinski definition) is 3. The lowest BCUT2D eigenvalue weighted by atomic mass is 10.1. The summed E-state index contributed by atoms with van der Waals surface area (Å²) in [6.45, 7) is 0.763. The highest BCUT2D eigenvalue weighted by Gasteiger charge is 2.17. The van der Waals surface area contributed by atoms with Crippen LogP contribution in [0.2, 0.25) is 5.15 Å². The van der Waals surface area contributed by atoms with E-state index in [1.165, 1.54) is 0 Å². The zero-order chi connectivity index (χ0) is 12.1. The summed E-state index contributed by atoms with van der Waals surface area (Å²) >= 11 is 5.73. The molecule has 1 fully saturated rings. The third kappa shape index (κ3) is 3.98. The standard InChI is InChI=1S/C12H15ClN2O2/c13-11-7-9(4-5-14-11)15-12(16)8-10-3-1-2-6-17-10/h4-5,7,10H,1-3,6,8H2,(H,14,15,16). The van der Waals surface area contributed by atoms with E-state index < -0.39 is 0 Å². The van der Waals surface area contributed by atoms with E-state index in [4.69, 9.17) is 16.3 Å². The topological polar surface area (TPSA) is 51.2 Å². The van der Waals surface area contributed by atoms with Gasteiger partial charge in [0.2, 0.25) is 5.91 Å². The number of amides is 1. The number of aromatic nitrogens is 1. The number of ether oxygens (including phenoxy) is 1. The minimum Gasteiger partial charge on any atom is -0.378 e. The third-order valence-corrected chi connectivity index (χ3v) is 2.90. The van der Waals surface area contributed by atoms with Gasteiger partial charge < -0.3 is 10.1 Å². The first-order valence-corrected chi connectivity index (χ1v) is 6.15. The molecule has 2 heterocycles. The summed E-state index contributed by atoms with van der Waals surface area (Å²) in [5.74, 6) is -0.0424. The predicted octanol–water partition coefficient (Wildman–Crippen LogP) is 2.63. The summed E-state index contributed by atoms with van der Waals surface area (Å²) < 4.78 is 5.51. The first-order chi connectivity index (χ1) is 8.24. The molecule has 1 aromatic rings. The second kappa shape index (κ2) is 5.98. The molecule has 1 aromatic heterocycles. The van der Waals surface area contributed by atoms with E-state index in [-0.39, 0.29) is 12.0 Å². The fraction of sp³-hybridized carbons (Fsp3) is 0.500. The first-order valence-electron chi connectivity index (χ1n) is 5.77. The molecule has 1 amide bonds. The molecule has 0 radical (unpaired) electrons. The second-order valence-corrected chi connectivity index (χ2v) is 4.50. The number of carbonyl (C=O) groups is 1. The van der Waals surface area contributed by atoms with Gasteiger partial charge in [-0.15, -0.1) is 0 Å². The molecule has 1 atom stereocenters. The van der Waals surface area contributed by atoms with Gasteiger partial charge >= 0.3 is 0 Å². The second-order valence-electron chi connectivity index (χ2n) is 4.11. The molecular formula is C12H15ClN2O2.